The molecule has 0 aliphatic heterocycles. The van der Waals surface area contributed by atoms with Crippen molar-refractivity contribution in [3.63, 3.8) is 0 Å². The fraction of sp³-hybridized carbons (Fsp3) is 0.300. The van der Waals surface area contributed by atoms with Crippen LogP contribution >= 0.6 is 34.8 Å². The second-order valence-electron chi connectivity index (χ2n) is 6.49. The van der Waals surface area contributed by atoms with Crippen LogP contribution in [0.5, 0.6) is 5.75 Å². The van der Waals surface area contributed by atoms with Crippen molar-refractivity contribution in [3.8, 4) is 5.75 Å². The number of aryl methyl sites for hydroxylation is 3. The van der Waals surface area contributed by atoms with Gasteiger partial charge in [-0.25, -0.2) is 0 Å². The maximum absolute atomic E-state index is 12.2. The van der Waals surface area contributed by atoms with Gasteiger partial charge in [-0.15, -0.1) is 0 Å². The first kappa shape index (κ1) is 21.6. The molecule has 3 aromatic rings. The molecule has 1 aromatic carbocycles. The van der Waals surface area contributed by atoms with Gasteiger partial charge in [-0.1, -0.05) is 34.8 Å². The van der Waals surface area contributed by atoms with Crippen LogP contribution in [0.4, 0.5) is 0 Å². The van der Waals surface area contributed by atoms with Crippen molar-refractivity contribution < 1.29 is 13.9 Å². The third kappa shape index (κ3) is 5.47. The summed E-state index contributed by atoms with van der Waals surface area (Å²) in [6.07, 6.45) is 0.648. The van der Waals surface area contributed by atoms with E-state index >= 15 is 0 Å². The molecule has 1 N–H and O–H groups in total. The second kappa shape index (κ2) is 9.57. The minimum atomic E-state index is -0.292. The average molecular weight is 457 g/mol. The predicted octanol–water partition coefficient (Wildman–Crippen LogP) is 5.45. The first-order chi connectivity index (χ1) is 13.8. The smallest absolute Gasteiger partial charge is 0.286 e. The first-order valence-corrected chi connectivity index (χ1v) is 10.1. The molecule has 6 nitrogen and oxygen atoms in total. The number of halogens is 3. The zero-order valence-corrected chi connectivity index (χ0v) is 18.2. The number of nitrogens with one attached hydrogen (secondary N) is 1. The van der Waals surface area contributed by atoms with E-state index in [-0.39, 0.29) is 18.3 Å². The predicted molar refractivity (Wildman–Crippen MR) is 113 cm³/mol. The van der Waals surface area contributed by atoms with E-state index in [1.165, 1.54) is 0 Å². The molecule has 0 unspecified atom stereocenters. The normalized spacial score (nSPS) is 10.9. The van der Waals surface area contributed by atoms with Gasteiger partial charge in [0.25, 0.3) is 5.91 Å². The van der Waals surface area contributed by atoms with Gasteiger partial charge in [0, 0.05) is 18.1 Å². The lowest BCUT2D eigenvalue weighted by molar-refractivity contribution is 0.0920. The summed E-state index contributed by atoms with van der Waals surface area (Å²) in [6, 6.07) is 8.72. The van der Waals surface area contributed by atoms with Gasteiger partial charge in [0.2, 0.25) is 0 Å². The molecule has 0 radical (unpaired) electrons. The van der Waals surface area contributed by atoms with Gasteiger partial charge in [-0.3, -0.25) is 9.48 Å². The molecular weight excluding hydrogens is 437 g/mol. The van der Waals surface area contributed by atoms with Crippen molar-refractivity contribution >= 4 is 40.7 Å². The number of carbonyl (C=O) groups is 1. The van der Waals surface area contributed by atoms with Crippen molar-refractivity contribution in [2.24, 2.45) is 0 Å². The molecule has 0 fully saturated rings. The number of amides is 1. The van der Waals surface area contributed by atoms with Gasteiger partial charge in [0.15, 0.2) is 5.76 Å². The molecule has 0 atom stereocenters. The van der Waals surface area contributed by atoms with Gasteiger partial charge in [0.1, 0.15) is 28.3 Å². The molecule has 0 bridgehead atoms. The van der Waals surface area contributed by atoms with Crippen molar-refractivity contribution in [1.82, 2.24) is 15.1 Å². The number of hydrogen-bond acceptors (Lipinski definition) is 4. The summed E-state index contributed by atoms with van der Waals surface area (Å²) < 4.78 is 12.9. The number of nitrogens with zero attached hydrogens (tertiary/aromatic N) is 2. The lowest BCUT2D eigenvalue weighted by Crippen LogP contribution is -2.25. The molecule has 154 valence electrons. The van der Waals surface area contributed by atoms with Crippen molar-refractivity contribution in [1.29, 1.82) is 0 Å². The van der Waals surface area contributed by atoms with E-state index in [0.29, 0.717) is 51.9 Å². The summed E-state index contributed by atoms with van der Waals surface area (Å²) in [6.45, 7) is 4.91. The Morgan fingerprint density at radius 3 is 2.69 bits per heavy atom. The number of furan rings is 1. The van der Waals surface area contributed by atoms with Crippen LogP contribution in [0.3, 0.4) is 0 Å². The van der Waals surface area contributed by atoms with Crippen molar-refractivity contribution in [2.75, 3.05) is 6.54 Å². The van der Waals surface area contributed by atoms with Gasteiger partial charge in [-0.2, -0.15) is 5.10 Å². The molecule has 0 aliphatic carbocycles. The van der Waals surface area contributed by atoms with E-state index in [1.807, 2.05) is 13.0 Å². The van der Waals surface area contributed by atoms with Crippen molar-refractivity contribution in [2.45, 2.75) is 33.4 Å². The highest BCUT2D eigenvalue weighted by Crippen LogP contribution is 2.25. The molecule has 3 rings (SSSR count). The van der Waals surface area contributed by atoms with Crippen LogP contribution in [0.1, 0.15) is 34.0 Å². The maximum Gasteiger partial charge on any atom is 0.286 e. The second-order valence-corrected chi connectivity index (χ2v) is 7.66. The van der Waals surface area contributed by atoms with Crippen LogP contribution < -0.4 is 10.1 Å². The molecule has 2 aromatic heterocycles. The zero-order valence-electron chi connectivity index (χ0n) is 16.0. The molecule has 0 saturated carbocycles. The SMILES string of the molecule is Cc1cc(Cl)ccc1OCc1ccc(C(=O)NCCCn2nc(C)c(Cl)c2Cl)o1. The molecule has 1 amide bonds. The maximum atomic E-state index is 12.2. The van der Waals surface area contributed by atoms with E-state index in [4.69, 9.17) is 44.0 Å². The van der Waals surface area contributed by atoms with Crippen LogP contribution in [0, 0.1) is 13.8 Å². The number of hydrogen-bond donors (Lipinski definition) is 1. The Kier molecular flexibility index (Phi) is 7.11. The van der Waals surface area contributed by atoms with Crippen LogP contribution in [0.25, 0.3) is 0 Å². The fourth-order valence-corrected chi connectivity index (χ4v) is 3.32. The topological polar surface area (TPSA) is 69.3 Å². The van der Waals surface area contributed by atoms with Crippen LogP contribution in [0.2, 0.25) is 15.2 Å². The third-order valence-electron chi connectivity index (χ3n) is 4.22. The Hall–Kier alpha value is -2.15. The average Bonchev–Trinajstić information content (AvgIpc) is 3.25. The lowest BCUT2D eigenvalue weighted by atomic mass is 10.2. The molecule has 2 heterocycles. The number of carbonyl (C=O) groups excluding carboxylic acids is 1. The van der Waals surface area contributed by atoms with E-state index in [0.717, 1.165) is 5.56 Å². The highest BCUT2D eigenvalue weighted by Gasteiger charge is 2.13. The Bertz CT molecular complexity index is 1010. The molecule has 29 heavy (non-hydrogen) atoms. The lowest BCUT2D eigenvalue weighted by Gasteiger charge is -2.08. The standard InChI is InChI=1S/C20H20Cl3N3O3/c1-12-10-14(21)4-6-16(12)28-11-15-5-7-17(29-15)20(27)24-8-3-9-26-19(23)18(22)13(2)25-26/h4-7,10H,3,8-9,11H2,1-2H3,(H,24,27). The third-order valence-corrected chi connectivity index (χ3v) is 5.39. The Morgan fingerprint density at radius 2 is 2.00 bits per heavy atom. The molecule has 0 saturated heterocycles. The summed E-state index contributed by atoms with van der Waals surface area (Å²) in [5, 5.41) is 8.56. The van der Waals surface area contributed by atoms with Gasteiger partial charge in [0.05, 0.1) is 5.69 Å². The summed E-state index contributed by atoms with van der Waals surface area (Å²) in [4.78, 5) is 12.2. The van der Waals surface area contributed by atoms with Gasteiger partial charge < -0.3 is 14.5 Å². The largest absolute Gasteiger partial charge is 0.485 e. The monoisotopic (exact) mass is 455 g/mol. The number of ether oxygens (including phenoxy) is 1. The number of benzene rings is 1. The Labute approximate surface area is 183 Å². The fourth-order valence-electron chi connectivity index (χ4n) is 2.70. The minimum absolute atomic E-state index is 0.216. The van der Waals surface area contributed by atoms with Crippen LogP contribution in [0.15, 0.2) is 34.7 Å². The Morgan fingerprint density at radius 1 is 1.21 bits per heavy atom. The summed E-state index contributed by atoms with van der Waals surface area (Å²) in [5.74, 6) is 1.20. The minimum Gasteiger partial charge on any atom is -0.485 e. The zero-order chi connectivity index (χ0) is 21.0. The molecule has 0 aliphatic rings. The van der Waals surface area contributed by atoms with E-state index in [2.05, 4.69) is 10.4 Å². The van der Waals surface area contributed by atoms with Gasteiger partial charge in [-0.05, 0) is 56.2 Å². The first-order valence-electron chi connectivity index (χ1n) is 8.99. The molecule has 9 heteroatoms. The summed E-state index contributed by atoms with van der Waals surface area (Å²) in [5.41, 5.74) is 1.61. The molecular formula is C20H20Cl3N3O3. The quantitative estimate of drug-likeness (QED) is 0.457. The van der Waals surface area contributed by atoms with E-state index in [1.54, 1.807) is 35.9 Å². The summed E-state index contributed by atoms with van der Waals surface area (Å²) >= 11 is 18.0. The van der Waals surface area contributed by atoms with E-state index in [9.17, 15) is 4.79 Å². The number of aromatic nitrogens is 2. The van der Waals surface area contributed by atoms with Crippen LogP contribution in [-0.4, -0.2) is 22.2 Å². The molecule has 0 spiro atoms. The van der Waals surface area contributed by atoms with Gasteiger partial charge >= 0.3 is 0 Å². The van der Waals surface area contributed by atoms with E-state index < -0.39 is 0 Å². The highest BCUT2D eigenvalue weighted by atomic mass is 35.5. The number of rotatable bonds is 8. The highest BCUT2D eigenvalue weighted by molar-refractivity contribution is 6.41. The Balaban J connectivity index is 1.45. The van der Waals surface area contributed by atoms with Crippen molar-refractivity contribution in [3.05, 3.63) is 68.3 Å². The summed E-state index contributed by atoms with van der Waals surface area (Å²) in [7, 11) is 0. The van der Waals surface area contributed by atoms with Crippen LogP contribution in [-0.2, 0) is 13.2 Å².